The number of nitrogens with zero attached hydrogens (tertiary/aromatic N) is 8. The van der Waals surface area contributed by atoms with E-state index in [9.17, 15) is 14.4 Å². The van der Waals surface area contributed by atoms with Gasteiger partial charge in [0.15, 0.2) is 5.82 Å². The van der Waals surface area contributed by atoms with Crippen LogP contribution in [0.4, 0.5) is 14.6 Å². The first-order valence-corrected chi connectivity index (χ1v) is 19.3. The summed E-state index contributed by atoms with van der Waals surface area (Å²) in [6.07, 6.45) is 10.7. The zero-order chi connectivity index (χ0) is 37.0. The molecule has 14 heteroatoms. The van der Waals surface area contributed by atoms with Crippen molar-refractivity contribution < 1.29 is 23.0 Å². The first-order chi connectivity index (χ1) is 26.3. The first kappa shape index (κ1) is 35.2. The van der Waals surface area contributed by atoms with Crippen LogP contribution in [-0.2, 0) is 9.53 Å². The second kappa shape index (κ2) is 14.3. The molecule has 5 fully saturated rings. The van der Waals surface area contributed by atoms with E-state index >= 15 is 4.39 Å². The molecule has 3 atom stereocenters. The van der Waals surface area contributed by atoms with E-state index in [1.54, 1.807) is 35.2 Å². The summed E-state index contributed by atoms with van der Waals surface area (Å²) in [6, 6.07) is 10.4. The highest BCUT2D eigenvalue weighted by molar-refractivity contribution is 6.36. The van der Waals surface area contributed by atoms with Gasteiger partial charge in [-0.2, -0.15) is 15.2 Å². The Kier molecular flexibility index (Phi) is 9.33. The lowest BCUT2D eigenvalue weighted by molar-refractivity contribution is -0.128. The predicted octanol–water partition coefficient (Wildman–Crippen LogP) is 5.74. The molecule has 280 valence electrons. The number of hydrogen-bond acceptors (Lipinski definition) is 10. The molecule has 0 radical (unpaired) electrons. The summed E-state index contributed by atoms with van der Waals surface area (Å²) >= 11 is 6.45. The van der Waals surface area contributed by atoms with E-state index in [0.717, 1.165) is 58.3 Å². The van der Waals surface area contributed by atoms with Gasteiger partial charge in [0.25, 0.3) is 0 Å². The quantitative estimate of drug-likeness (QED) is 0.196. The third kappa shape index (κ3) is 6.23. The second-order valence-corrected chi connectivity index (χ2v) is 15.6. The molecule has 4 aromatic rings. The van der Waals surface area contributed by atoms with Crippen LogP contribution in [0.5, 0.6) is 6.01 Å². The summed E-state index contributed by atoms with van der Waals surface area (Å²) in [5, 5.41) is 11.1. The molecule has 5 aliphatic rings. The highest BCUT2D eigenvalue weighted by atomic mass is 35.5. The number of nitriles is 1. The number of piperazine rings is 1. The molecular formula is C40H41ClF2N8O3. The molecule has 11 nitrogen and oxygen atoms in total. The van der Waals surface area contributed by atoms with Gasteiger partial charge in [-0.3, -0.25) is 19.6 Å². The molecule has 0 unspecified atom stereocenters. The molecule has 5 aliphatic heterocycles. The Hall–Kier alpha value is -4.48. The average molecular weight is 755 g/mol. The number of aromatic nitrogens is 3. The van der Waals surface area contributed by atoms with Crippen molar-refractivity contribution in [3.8, 4) is 23.3 Å². The summed E-state index contributed by atoms with van der Waals surface area (Å²) in [4.78, 5) is 36.1. The molecule has 1 amide bonds. The molecule has 0 aliphatic carbocycles. The van der Waals surface area contributed by atoms with Crippen molar-refractivity contribution in [2.45, 2.75) is 62.3 Å². The number of fused-ring (bicyclic) bond motifs is 5. The van der Waals surface area contributed by atoms with Gasteiger partial charge in [0.1, 0.15) is 29.5 Å². The van der Waals surface area contributed by atoms with E-state index in [0.29, 0.717) is 66.4 Å². The zero-order valence-electron chi connectivity index (χ0n) is 29.9. The van der Waals surface area contributed by atoms with Gasteiger partial charge >= 0.3 is 6.01 Å². The van der Waals surface area contributed by atoms with Gasteiger partial charge in [0.05, 0.1) is 47.2 Å². The van der Waals surface area contributed by atoms with Crippen molar-refractivity contribution in [3.05, 3.63) is 65.3 Å². The minimum Gasteiger partial charge on any atom is -0.461 e. The third-order valence-electron chi connectivity index (χ3n) is 12.1. The summed E-state index contributed by atoms with van der Waals surface area (Å²) in [7, 11) is 0. The number of likely N-dealkylation sites (tertiary alicyclic amines) is 1. The van der Waals surface area contributed by atoms with Gasteiger partial charge in [0.2, 0.25) is 5.91 Å². The van der Waals surface area contributed by atoms with E-state index in [4.69, 9.17) is 26.1 Å². The molecule has 2 aromatic heterocycles. The van der Waals surface area contributed by atoms with E-state index < -0.39 is 17.7 Å². The summed E-state index contributed by atoms with van der Waals surface area (Å²) in [5.41, 5.74) is 0.233. The normalized spacial score (nSPS) is 23.9. The van der Waals surface area contributed by atoms with E-state index in [-0.39, 0.29) is 46.2 Å². The Morgan fingerprint density at radius 1 is 1.11 bits per heavy atom. The van der Waals surface area contributed by atoms with Crippen LogP contribution in [0, 0.1) is 23.0 Å². The standard InChI is InChI=1S/C40H41ClF2N8O3/c41-34-31(42)9-8-25-5-1-6-29(33(25)34)36-35(43)37-30(20-45-36)38(47-39(46-37)54-24-40-11-3-15-50(40)16-4-12-40)49-17-18-51(26(21-49)10-13-44)32(52)7-2-14-48-22-28-19-27(48)23-53-28/h1-2,5-9,20,26-28H,3-4,10-12,14-19,21-24H2/b7-2+/t26-,27+,28+/m0/s1. The van der Waals surface area contributed by atoms with Crippen LogP contribution in [0.2, 0.25) is 5.02 Å². The second-order valence-electron chi connectivity index (χ2n) is 15.2. The third-order valence-corrected chi connectivity index (χ3v) is 12.5. The van der Waals surface area contributed by atoms with Crippen LogP contribution in [0.15, 0.2) is 48.7 Å². The summed E-state index contributed by atoms with van der Waals surface area (Å²) < 4.78 is 43.7. The molecule has 2 aromatic carbocycles. The number of ether oxygens (including phenoxy) is 2. The van der Waals surface area contributed by atoms with Crippen molar-refractivity contribution in [1.82, 2.24) is 29.7 Å². The van der Waals surface area contributed by atoms with Gasteiger partial charge in [-0.05, 0) is 56.6 Å². The maximum atomic E-state index is 17.0. The molecule has 0 N–H and O–H groups in total. The van der Waals surface area contributed by atoms with Crippen molar-refractivity contribution in [1.29, 1.82) is 5.26 Å². The molecule has 54 heavy (non-hydrogen) atoms. The lowest BCUT2D eigenvalue weighted by Crippen LogP contribution is -2.55. The molecule has 2 bridgehead atoms. The Balaban J connectivity index is 1.05. The van der Waals surface area contributed by atoms with Crippen LogP contribution in [0.25, 0.3) is 32.9 Å². The predicted molar refractivity (Wildman–Crippen MR) is 200 cm³/mol. The maximum absolute atomic E-state index is 17.0. The minimum atomic E-state index is -0.708. The number of anilines is 1. The highest BCUT2D eigenvalue weighted by Gasteiger charge is 2.45. The van der Waals surface area contributed by atoms with Crippen molar-refractivity contribution >= 4 is 45.0 Å². The monoisotopic (exact) mass is 754 g/mol. The Bertz CT molecular complexity index is 2190. The molecule has 7 heterocycles. The largest absolute Gasteiger partial charge is 0.461 e. The number of amides is 1. The number of pyridine rings is 1. The van der Waals surface area contributed by atoms with Crippen LogP contribution in [-0.4, -0.2) is 118 Å². The van der Waals surface area contributed by atoms with E-state index in [1.165, 1.54) is 12.3 Å². The fraction of sp³-hybridized carbons (Fsp3) is 0.475. The number of carbonyl (C=O) groups excluding carboxylic acids is 1. The lowest BCUT2D eigenvalue weighted by Gasteiger charge is -2.41. The van der Waals surface area contributed by atoms with Crippen molar-refractivity contribution in [3.63, 3.8) is 0 Å². The lowest BCUT2D eigenvalue weighted by atomic mass is 9.95. The number of morpholine rings is 1. The van der Waals surface area contributed by atoms with Gasteiger partial charge < -0.3 is 19.3 Å². The van der Waals surface area contributed by atoms with Gasteiger partial charge in [-0.1, -0.05) is 41.9 Å². The molecule has 0 saturated carbocycles. The number of benzene rings is 2. The smallest absolute Gasteiger partial charge is 0.319 e. The van der Waals surface area contributed by atoms with E-state index in [2.05, 4.69) is 25.8 Å². The summed E-state index contributed by atoms with van der Waals surface area (Å²) in [5.74, 6) is -1.05. The van der Waals surface area contributed by atoms with E-state index in [1.807, 2.05) is 11.0 Å². The van der Waals surface area contributed by atoms with Crippen molar-refractivity contribution in [2.75, 3.05) is 63.9 Å². The van der Waals surface area contributed by atoms with Crippen LogP contribution >= 0.6 is 11.6 Å². The minimum absolute atomic E-state index is 0.0102. The molecule has 9 rings (SSSR count). The Labute approximate surface area is 317 Å². The molecular weight excluding hydrogens is 714 g/mol. The Morgan fingerprint density at radius 3 is 2.74 bits per heavy atom. The average Bonchev–Trinajstić information content (AvgIpc) is 3.99. The topological polar surface area (TPSA) is 111 Å². The van der Waals surface area contributed by atoms with Crippen LogP contribution < -0.4 is 9.64 Å². The van der Waals surface area contributed by atoms with Crippen LogP contribution in [0.1, 0.15) is 38.5 Å². The number of halogens is 3. The van der Waals surface area contributed by atoms with Crippen molar-refractivity contribution in [2.24, 2.45) is 0 Å². The van der Waals surface area contributed by atoms with Gasteiger partial charge in [-0.25, -0.2) is 8.78 Å². The number of hydrogen-bond donors (Lipinski definition) is 0. The Morgan fingerprint density at radius 2 is 1.96 bits per heavy atom. The number of rotatable bonds is 9. The summed E-state index contributed by atoms with van der Waals surface area (Å²) in [6.45, 7) is 5.75. The fourth-order valence-electron chi connectivity index (χ4n) is 9.39. The fourth-order valence-corrected chi connectivity index (χ4v) is 9.66. The van der Waals surface area contributed by atoms with Crippen LogP contribution in [0.3, 0.4) is 0 Å². The zero-order valence-corrected chi connectivity index (χ0v) is 30.6. The van der Waals surface area contributed by atoms with Gasteiger partial charge in [0, 0.05) is 62.0 Å². The maximum Gasteiger partial charge on any atom is 0.319 e. The number of carbonyl (C=O) groups is 1. The van der Waals surface area contributed by atoms with Gasteiger partial charge in [-0.15, -0.1) is 0 Å². The highest BCUT2D eigenvalue weighted by Crippen LogP contribution is 2.41. The molecule has 5 saturated heterocycles. The molecule has 0 spiro atoms. The SMILES string of the molecule is N#CC[C@H]1CN(c2nc(OCC34CCCN3CCC4)nc3c(F)c(-c4cccc5ccc(F)c(Cl)c45)ncc23)CCN1C(=O)/C=C/CN1C[C@H]2C[C@@H]1CO2. The first-order valence-electron chi connectivity index (χ1n) is 18.9.